The molecule has 0 aliphatic heterocycles. The van der Waals surface area contributed by atoms with Crippen LogP contribution in [0.15, 0.2) is 48.5 Å². The average molecular weight is 281 g/mol. The highest BCUT2D eigenvalue weighted by Crippen LogP contribution is 2.35. The molecule has 3 rings (SSSR count). The molecule has 1 atom stereocenters. The van der Waals surface area contributed by atoms with E-state index in [1.54, 1.807) is 0 Å². The van der Waals surface area contributed by atoms with Gasteiger partial charge in [0, 0.05) is 6.04 Å². The molecule has 1 N–H and O–H groups in total. The standard InChI is InChI=1S/C19H23NO/c1-3-21-18-10-6-9-16(13-18)19(20-2)17-11-14-7-4-5-8-15(14)12-17/h4-10,13,17,19-20H,3,11-12H2,1-2H3. The summed E-state index contributed by atoms with van der Waals surface area (Å²) in [6.07, 6.45) is 2.31. The molecule has 0 saturated carbocycles. The van der Waals surface area contributed by atoms with Gasteiger partial charge in [0.1, 0.15) is 5.75 Å². The summed E-state index contributed by atoms with van der Waals surface area (Å²) in [6, 6.07) is 17.7. The molecule has 0 bridgehead atoms. The fraction of sp³-hybridized carbons (Fsp3) is 0.368. The molecule has 2 aromatic rings. The van der Waals surface area contributed by atoms with Gasteiger partial charge in [0.25, 0.3) is 0 Å². The van der Waals surface area contributed by atoms with Crippen molar-refractivity contribution in [3.05, 3.63) is 65.2 Å². The highest BCUT2D eigenvalue weighted by molar-refractivity contribution is 5.36. The smallest absolute Gasteiger partial charge is 0.119 e. The quantitative estimate of drug-likeness (QED) is 0.901. The average Bonchev–Trinajstić information content (AvgIpc) is 2.92. The Hall–Kier alpha value is -1.80. The van der Waals surface area contributed by atoms with Gasteiger partial charge in [0.05, 0.1) is 6.61 Å². The lowest BCUT2D eigenvalue weighted by Crippen LogP contribution is -2.25. The van der Waals surface area contributed by atoms with Crippen LogP contribution in [0.2, 0.25) is 0 Å². The van der Waals surface area contributed by atoms with Gasteiger partial charge >= 0.3 is 0 Å². The first kappa shape index (κ1) is 14.2. The number of ether oxygens (including phenoxy) is 1. The number of hydrogen-bond donors (Lipinski definition) is 1. The van der Waals surface area contributed by atoms with Crippen LogP contribution >= 0.6 is 0 Å². The predicted molar refractivity (Wildman–Crippen MR) is 86.8 cm³/mol. The monoisotopic (exact) mass is 281 g/mol. The zero-order chi connectivity index (χ0) is 14.7. The van der Waals surface area contributed by atoms with Gasteiger partial charge in [-0.3, -0.25) is 0 Å². The first-order valence-corrected chi connectivity index (χ1v) is 7.78. The minimum absolute atomic E-state index is 0.373. The van der Waals surface area contributed by atoms with Gasteiger partial charge < -0.3 is 10.1 Å². The van der Waals surface area contributed by atoms with Crippen LogP contribution in [-0.4, -0.2) is 13.7 Å². The van der Waals surface area contributed by atoms with Crippen LogP contribution in [-0.2, 0) is 12.8 Å². The van der Waals surface area contributed by atoms with Crippen LogP contribution in [0.4, 0.5) is 0 Å². The van der Waals surface area contributed by atoms with Crippen molar-refractivity contribution < 1.29 is 4.74 Å². The topological polar surface area (TPSA) is 21.3 Å². The molecule has 0 aromatic heterocycles. The second kappa shape index (κ2) is 6.31. The van der Waals surface area contributed by atoms with Crippen molar-refractivity contribution in [2.24, 2.45) is 5.92 Å². The molecule has 1 unspecified atom stereocenters. The van der Waals surface area contributed by atoms with Crippen LogP contribution in [0, 0.1) is 5.92 Å². The predicted octanol–water partition coefficient (Wildman–Crippen LogP) is 3.76. The van der Waals surface area contributed by atoms with Crippen molar-refractivity contribution in [1.29, 1.82) is 0 Å². The third kappa shape index (κ3) is 2.96. The van der Waals surface area contributed by atoms with E-state index in [4.69, 9.17) is 4.74 Å². The molecule has 0 saturated heterocycles. The maximum atomic E-state index is 5.64. The van der Waals surface area contributed by atoms with Gasteiger partial charge in [0.2, 0.25) is 0 Å². The molecular weight excluding hydrogens is 258 g/mol. The van der Waals surface area contributed by atoms with Gasteiger partial charge in [-0.2, -0.15) is 0 Å². The first-order chi connectivity index (χ1) is 10.3. The SMILES string of the molecule is CCOc1cccc(C(NC)C2Cc3ccccc3C2)c1. The van der Waals surface area contributed by atoms with E-state index < -0.39 is 0 Å². The molecule has 110 valence electrons. The summed E-state index contributed by atoms with van der Waals surface area (Å²) in [5, 5.41) is 3.51. The van der Waals surface area contributed by atoms with Gasteiger partial charge in [-0.25, -0.2) is 0 Å². The third-order valence-corrected chi connectivity index (χ3v) is 4.39. The largest absolute Gasteiger partial charge is 0.494 e. The Morgan fingerprint density at radius 1 is 1.10 bits per heavy atom. The van der Waals surface area contributed by atoms with E-state index in [1.807, 2.05) is 13.0 Å². The van der Waals surface area contributed by atoms with Gasteiger partial charge in [0.15, 0.2) is 0 Å². The minimum Gasteiger partial charge on any atom is -0.494 e. The minimum atomic E-state index is 0.373. The summed E-state index contributed by atoms with van der Waals surface area (Å²) in [6.45, 7) is 2.73. The van der Waals surface area contributed by atoms with Crippen molar-refractivity contribution in [2.75, 3.05) is 13.7 Å². The molecule has 21 heavy (non-hydrogen) atoms. The molecule has 2 nitrogen and oxygen atoms in total. The molecule has 0 amide bonds. The van der Waals surface area contributed by atoms with Crippen LogP contribution in [0.5, 0.6) is 5.75 Å². The van der Waals surface area contributed by atoms with Gasteiger partial charge in [-0.15, -0.1) is 0 Å². The van der Waals surface area contributed by atoms with Crippen molar-refractivity contribution in [3.8, 4) is 5.75 Å². The van der Waals surface area contributed by atoms with E-state index in [9.17, 15) is 0 Å². The Balaban J connectivity index is 1.82. The molecule has 0 radical (unpaired) electrons. The zero-order valence-electron chi connectivity index (χ0n) is 12.8. The van der Waals surface area contributed by atoms with Crippen LogP contribution in [0.1, 0.15) is 29.7 Å². The number of benzene rings is 2. The molecule has 0 heterocycles. The Morgan fingerprint density at radius 2 is 1.81 bits per heavy atom. The summed E-state index contributed by atoms with van der Waals surface area (Å²) in [5.41, 5.74) is 4.33. The normalized spacial score (nSPS) is 15.7. The number of rotatable bonds is 5. The number of hydrogen-bond acceptors (Lipinski definition) is 2. The maximum Gasteiger partial charge on any atom is 0.119 e. The Bertz CT molecular complexity index is 583. The summed E-state index contributed by atoms with van der Waals surface area (Å²) in [4.78, 5) is 0. The summed E-state index contributed by atoms with van der Waals surface area (Å²) in [7, 11) is 2.06. The fourth-order valence-electron chi connectivity index (χ4n) is 3.47. The Morgan fingerprint density at radius 3 is 2.43 bits per heavy atom. The van der Waals surface area contributed by atoms with E-state index in [1.165, 1.54) is 16.7 Å². The molecule has 2 aromatic carbocycles. The second-order valence-electron chi connectivity index (χ2n) is 5.71. The van der Waals surface area contributed by atoms with Crippen molar-refractivity contribution in [2.45, 2.75) is 25.8 Å². The first-order valence-electron chi connectivity index (χ1n) is 7.78. The van der Waals surface area contributed by atoms with Crippen molar-refractivity contribution in [3.63, 3.8) is 0 Å². The third-order valence-electron chi connectivity index (χ3n) is 4.39. The van der Waals surface area contributed by atoms with E-state index in [-0.39, 0.29) is 0 Å². The molecule has 1 aliphatic carbocycles. The van der Waals surface area contributed by atoms with E-state index in [2.05, 4.69) is 54.8 Å². The molecular formula is C19H23NO. The van der Waals surface area contributed by atoms with Crippen LogP contribution in [0.3, 0.4) is 0 Å². The fourth-order valence-corrected chi connectivity index (χ4v) is 3.47. The van der Waals surface area contributed by atoms with Crippen LogP contribution in [0.25, 0.3) is 0 Å². The van der Waals surface area contributed by atoms with Gasteiger partial charge in [-0.05, 0) is 61.6 Å². The lowest BCUT2D eigenvalue weighted by atomic mass is 9.90. The lowest BCUT2D eigenvalue weighted by molar-refractivity contribution is 0.337. The summed E-state index contributed by atoms with van der Waals surface area (Å²) >= 11 is 0. The Labute approximate surface area is 127 Å². The summed E-state index contributed by atoms with van der Waals surface area (Å²) < 4.78 is 5.64. The maximum absolute atomic E-state index is 5.64. The van der Waals surface area contributed by atoms with Crippen molar-refractivity contribution in [1.82, 2.24) is 5.32 Å². The molecule has 0 fully saturated rings. The van der Waals surface area contributed by atoms with E-state index in [0.717, 1.165) is 18.6 Å². The second-order valence-corrected chi connectivity index (χ2v) is 5.71. The molecule has 0 spiro atoms. The van der Waals surface area contributed by atoms with Gasteiger partial charge in [-0.1, -0.05) is 36.4 Å². The van der Waals surface area contributed by atoms with Crippen LogP contribution < -0.4 is 10.1 Å². The summed E-state index contributed by atoms with van der Waals surface area (Å²) in [5.74, 6) is 1.58. The Kier molecular flexibility index (Phi) is 4.26. The molecule has 2 heteroatoms. The highest BCUT2D eigenvalue weighted by Gasteiger charge is 2.28. The number of fused-ring (bicyclic) bond motifs is 1. The highest BCUT2D eigenvalue weighted by atomic mass is 16.5. The zero-order valence-corrected chi connectivity index (χ0v) is 12.8. The lowest BCUT2D eigenvalue weighted by Gasteiger charge is -2.24. The van der Waals surface area contributed by atoms with Crippen molar-refractivity contribution >= 4 is 0 Å². The number of nitrogens with one attached hydrogen (secondary N) is 1. The van der Waals surface area contributed by atoms with E-state index >= 15 is 0 Å². The van der Waals surface area contributed by atoms with E-state index in [0.29, 0.717) is 18.6 Å². The molecule has 1 aliphatic rings.